The van der Waals surface area contributed by atoms with Crippen molar-refractivity contribution in [3.63, 3.8) is 0 Å². The fraction of sp³-hybridized carbons (Fsp3) is 0.600. The molecule has 0 aromatic heterocycles. The van der Waals surface area contributed by atoms with E-state index < -0.39 is 6.10 Å². The first kappa shape index (κ1) is 15.8. The smallest absolute Gasteiger partial charge is 0.0945 e. The van der Waals surface area contributed by atoms with Crippen molar-refractivity contribution in [1.82, 2.24) is 0 Å². The van der Waals surface area contributed by atoms with Gasteiger partial charge < -0.3 is 19.9 Å². The van der Waals surface area contributed by atoms with Gasteiger partial charge in [-0.2, -0.15) is 0 Å². The second-order valence-corrected chi connectivity index (χ2v) is 5.97. The van der Waals surface area contributed by atoms with Crippen LogP contribution in [-0.2, 0) is 9.47 Å². The Bertz CT molecular complexity index is 422. The van der Waals surface area contributed by atoms with E-state index in [1.165, 1.54) is 0 Å². The van der Waals surface area contributed by atoms with E-state index in [9.17, 15) is 5.11 Å². The molecule has 0 radical (unpaired) electrons. The van der Waals surface area contributed by atoms with Gasteiger partial charge in [0.1, 0.15) is 0 Å². The van der Waals surface area contributed by atoms with Crippen LogP contribution < -0.4 is 5.32 Å². The second kappa shape index (κ2) is 7.98. The van der Waals surface area contributed by atoms with E-state index in [2.05, 4.69) is 21.2 Å². The number of nitrogens with one attached hydrogen (secondary N) is 1. The molecule has 5 heteroatoms. The number of benzene rings is 1. The van der Waals surface area contributed by atoms with Crippen molar-refractivity contribution in [3.05, 3.63) is 28.2 Å². The first-order chi connectivity index (χ1) is 9.66. The van der Waals surface area contributed by atoms with Gasteiger partial charge >= 0.3 is 0 Å². The van der Waals surface area contributed by atoms with Crippen molar-refractivity contribution in [2.45, 2.75) is 32.0 Å². The van der Waals surface area contributed by atoms with Crippen LogP contribution in [0.4, 0.5) is 5.69 Å². The number of aliphatic hydroxyl groups is 1. The quantitative estimate of drug-likeness (QED) is 0.799. The highest BCUT2D eigenvalue weighted by atomic mass is 79.9. The zero-order valence-corrected chi connectivity index (χ0v) is 13.4. The Morgan fingerprint density at radius 2 is 2.40 bits per heavy atom. The minimum absolute atomic E-state index is 0.211. The SMILES string of the molecule is Cc1c(Br)cccc1NCC(O)COCC1CCCO1. The molecule has 2 unspecified atom stereocenters. The molecule has 112 valence electrons. The molecule has 20 heavy (non-hydrogen) atoms. The maximum absolute atomic E-state index is 9.90. The lowest BCUT2D eigenvalue weighted by Crippen LogP contribution is -2.27. The predicted octanol–water partition coefficient (Wildman–Crippen LogP) is 2.73. The van der Waals surface area contributed by atoms with Crippen LogP contribution in [0.3, 0.4) is 0 Å². The van der Waals surface area contributed by atoms with Crippen LogP contribution in [0.2, 0.25) is 0 Å². The minimum Gasteiger partial charge on any atom is -0.389 e. The van der Waals surface area contributed by atoms with E-state index in [0.717, 1.165) is 35.2 Å². The lowest BCUT2D eigenvalue weighted by molar-refractivity contribution is -0.0137. The van der Waals surface area contributed by atoms with Crippen molar-refractivity contribution in [1.29, 1.82) is 0 Å². The summed E-state index contributed by atoms with van der Waals surface area (Å²) in [5, 5.41) is 13.1. The summed E-state index contributed by atoms with van der Waals surface area (Å²) in [6.07, 6.45) is 1.86. The largest absolute Gasteiger partial charge is 0.389 e. The van der Waals surface area contributed by atoms with Crippen molar-refractivity contribution < 1.29 is 14.6 Å². The first-order valence-electron chi connectivity index (χ1n) is 7.03. The molecular formula is C15H22BrNO3. The van der Waals surface area contributed by atoms with Gasteiger partial charge in [0, 0.05) is 23.3 Å². The molecule has 1 saturated heterocycles. The first-order valence-corrected chi connectivity index (χ1v) is 7.82. The molecule has 1 aromatic rings. The molecule has 0 spiro atoms. The predicted molar refractivity (Wildman–Crippen MR) is 83.2 cm³/mol. The molecule has 2 N–H and O–H groups in total. The highest BCUT2D eigenvalue weighted by molar-refractivity contribution is 9.10. The Morgan fingerprint density at radius 3 is 3.15 bits per heavy atom. The molecule has 0 amide bonds. The number of hydrogen-bond donors (Lipinski definition) is 2. The maximum Gasteiger partial charge on any atom is 0.0945 e. The Labute approximate surface area is 128 Å². The average Bonchev–Trinajstić information content (AvgIpc) is 2.94. The third-order valence-corrected chi connectivity index (χ3v) is 4.29. The second-order valence-electron chi connectivity index (χ2n) is 5.12. The lowest BCUT2D eigenvalue weighted by atomic mass is 10.2. The van der Waals surface area contributed by atoms with Gasteiger partial charge in [0.25, 0.3) is 0 Å². The third-order valence-electron chi connectivity index (χ3n) is 3.43. The van der Waals surface area contributed by atoms with E-state index in [4.69, 9.17) is 9.47 Å². The molecule has 1 aliphatic heterocycles. The van der Waals surface area contributed by atoms with E-state index in [0.29, 0.717) is 19.8 Å². The van der Waals surface area contributed by atoms with Crippen molar-refractivity contribution in [2.75, 3.05) is 31.7 Å². The summed E-state index contributed by atoms with van der Waals surface area (Å²) in [5.41, 5.74) is 2.16. The Kier molecular flexibility index (Phi) is 6.29. The molecule has 1 heterocycles. The average molecular weight is 344 g/mol. The standard InChI is InChI=1S/C15H22BrNO3/c1-11-14(16)5-2-6-15(11)17-8-12(18)9-19-10-13-4-3-7-20-13/h2,5-6,12-13,17-18H,3-4,7-10H2,1H3. The molecule has 2 atom stereocenters. The monoisotopic (exact) mass is 343 g/mol. The normalized spacial score (nSPS) is 20.1. The molecule has 2 rings (SSSR count). The molecule has 0 bridgehead atoms. The fourth-order valence-electron chi connectivity index (χ4n) is 2.20. The molecule has 1 fully saturated rings. The number of rotatable bonds is 7. The van der Waals surface area contributed by atoms with Gasteiger partial charge in [-0.1, -0.05) is 22.0 Å². The van der Waals surface area contributed by atoms with Crippen LogP contribution in [0.5, 0.6) is 0 Å². The summed E-state index contributed by atoms with van der Waals surface area (Å²) in [4.78, 5) is 0. The van der Waals surface area contributed by atoms with E-state index in [1.807, 2.05) is 25.1 Å². The summed E-state index contributed by atoms with van der Waals surface area (Å²) in [7, 11) is 0. The summed E-state index contributed by atoms with van der Waals surface area (Å²) in [6.45, 7) is 4.25. The van der Waals surface area contributed by atoms with Crippen LogP contribution in [0.1, 0.15) is 18.4 Å². The number of ether oxygens (including phenoxy) is 2. The minimum atomic E-state index is -0.519. The number of halogens is 1. The van der Waals surface area contributed by atoms with Gasteiger partial charge in [-0.25, -0.2) is 0 Å². The third kappa shape index (κ3) is 4.74. The van der Waals surface area contributed by atoms with Gasteiger partial charge in [0.15, 0.2) is 0 Å². The van der Waals surface area contributed by atoms with Gasteiger partial charge in [0.05, 0.1) is 25.4 Å². The Balaban J connectivity index is 1.66. The summed E-state index contributed by atoms with van der Waals surface area (Å²) in [5.74, 6) is 0. The number of anilines is 1. The van der Waals surface area contributed by atoms with Crippen LogP contribution in [0.25, 0.3) is 0 Å². The van der Waals surface area contributed by atoms with Gasteiger partial charge in [-0.3, -0.25) is 0 Å². The highest BCUT2D eigenvalue weighted by Crippen LogP contribution is 2.23. The van der Waals surface area contributed by atoms with E-state index >= 15 is 0 Å². The molecular weight excluding hydrogens is 322 g/mol. The van der Waals surface area contributed by atoms with Gasteiger partial charge in [-0.15, -0.1) is 0 Å². The zero-order valence-electron chi connectivity index (χ0n) is 11.8. The van der Waals surface area contributed by atoms with Crippen LogP contribution >= 0.6 is 15.9 Å². The van der Waals surface area contributed by atoms with Crippen molar-refractivity contribution >= 4 is 21.6 Å². The number of aliphatic hydroxyl groups excluding tert-OH is 1. The molecule has 1 aliphatic rings. The number of hydrogen-bond acceptors (Lipinski definition) is 4. The fourth-order valence-corrected chi connectivity index (χ4v) is 2.56. The van der Waals surface area contributed by atoms with Crippen LogP contribution in [-0.4, -0.2) is 43.7 Å². The maximum atomic E-state index is 9.90. The Hall–Kier alpha value is -0.620. The molecule has 0 saturated carbocycles. The summed E-state index contributed by atoms with van der Waals surface area (Å²) >= 11 is 3.49. The summed E-state index contributed by atoms with van der Waals surface area (Å²) in [6, 6.07) is 5.97. The topological polar surface area (TPSA) is 50.7 Å². The molecule has 1 aromatic carbocycles. The van der Waals surface area contributed by atoms with Crippen LogP contribution in [0, 0.1) is 6.92 Å². The van der Waals surface area contributed by atoms with Gasteiger partial charge in [0.2, 0.25) is 0 Å². The van der Waals surface area contributed by atoms with E-state index in [1.54, 1.807) is 0 Å². The van der Waals surface area contributed by atoms with Crippen molar-refractivity contribution in [2.24, 2.45) is 0 Å². The lowest BCUT2D eigenvalue weighted by Gasteiger charge is -2.16. The molecule has 4 nitrogen and oxygen atoms in total. The summed E-state index contributed by atoms with van der Waals surface area (Å²) < 4.78 is 12.0. The van der Waals surface area contributed by atoms with Crippen LogP contribution in [0.15, 0.2) is 22.7 Å². The Morgan fingerprint density at radius 1 is 1.55 bits per heavy atom. The molecule has 0 aliphatic carbocycles. The van der Waals surface area contributed by atoms with Gasteiger partial charge in [-0.05, 0) is 37.5 Å². The highest BCUT2D eigenvalue weighted by Gasteiger charge is 2.16. The zero-order chi connectivity index (χ0) is 14.4. The van der Waals surface area contributed by atoms with E-state index in [-0.39, 0.29) is 6.10 Å². The van der Waals surface area contributed by atoms with Crippen molar-refractivity contribution in [3.8, 4) is 0 Å².